The van der Waals surface area contributed by atoms with E-state index in [0.717, 1.165) is 13.1 Å². The summed E-state index contributed by atoms with van der Waals surface area (Å²) in [5.41, 5.74) is 0. The van der Waals surface area contributed by atoms with Gasteiger partial charge in [-0.1, -0.05) is 0 Å². The van der Waals surface area contributed by atoms with Gasteiger partial charge >= 0.3 is 0 Å². The number of carbonyl (C=O) groups excluding carboxylic acids is 1. The second kappa shape index (κ2) is 1.57. The standard InChI is InChI=1S/C7H11NO/c1-8-3-5-2-6(4-8)7(5)9/h5-6H,2-4H2,1H3/t5-,6-/m0/s1. The lowest BCUT2D eigenvalue weighted by Crippen LogP contribution is -2.54. The van der Waals surface area contributed by atoms with Crippen LogP contribution in [0.15, 0.2) is 0 Å². The van der Waals surface area contributed by atoms with Crippen molar-refractivity contribution in [2.24, 2.45) is 11.8 Å². The molecule has 1 saturated carbocycles. The molecular weight excluding hydrogens is 114 g/mol. The van der Waals surface area contributed by atoms with Crippen LogP contribution >= 0.6 is 0 Å². The Balaban J connectivity index is 2.09. The maximum Gasteiger partial charge on any atom is 0.141 e. The molecule has 0 amide bonds. The van der Waals surface area contributed by atoms with Crippen LogP contribution in [0, 0.1) is 11.8 Å². The molecule has 0 unspecified atom stereocenters. The molecule has 0 aromatic rings. The summed E-state index contributed by atoms with van der Waals surface area (Å²) < 4.78 is 0. The predicted molar refractivity (Wildman–Crippen MR) is 34.1 cm³/mol. The number of nitrogens with zero attached hydrogens (tertiary/aromatic N) is 1. The van der Waals surface area contributed by atoms with Crippen LogP contribution in [-0.4, -0.2) is 30.8 Å². The third-order valence-corrected chi connectivity index (χ3v) is 2.44. The number of hydrogen-bond acceptors (Lipinski definition) is 2. The van der Waals surface area contributed by atoms with Crippen molar-refractivity contribution in [3.63, 3.8) is 0 Å². The Labute approximate surface area is 54.8 Å². The van der Waals surface area contributed by atoms with Crippen LogP contribution in [0.2, 0.25) is 0 Å². The van der Waals surface area contributed by atoms with E-state index >= 15 is 0 Å². The summed E-state index contributed by atoms with van der Waals surface area (Å²) in [6, 6.07) is 0. The second-order valence-corrected chi connectivity index (χ2v) is 3.25. The fourth-order valence-corrected chi connectivity index (χ4v) is 1.90. The van der Waals surface area contributed by atoms with E-state index in [9.17, 15) is 4.79 Å². The molecule has 50 valence electrons. The molecule has 2 nitrogen and oxygen atoms in total. The van der Waals surface area contributed by atoms with Crippen molar-refractivity contribution in [2.45, 2.75) is 6.42 Å². The summed E-state index contributed by atoms with van der Waals surface area (Å²) in [7, 11) is 2.09. The molecule has 2 atom stereocenters. The van der Waals surface area contributed by atoms with Crippen molar-refractivity contribution in [3.05, 3.63) is 0 Å². The van der Waals surface area contributed by atoms with Gasteiger partial charge < -0.3 is 4.90 Å². The second-order valence-electron chi connectivity index (χ2n) is 3.25. The normalized spacial score (nSPS) is 42.6. The maximum atomic E-state index is 11.0. The van der Waals surface area contributed by atoms with Crippen LogP contribution in [0.4, 0.5) is 0 Å². The van der Waals surface area contributed by atoms with Gasteiger partial charge in [0.15, 0.2) is 0 Å². The molecule has 0 spiro atoms. The van der Waals surface area contributed by atoms with Crippen molar-refractivity contribution in [1.82, 2.24) is 4.90 Å². The molecule has 9 heavy (non-hydrogen) atoms. The van der Waals surface area contributed by atoms with Gasteiger partial charge in [-0.25, -0.2) is 0 Å². The predicted octanol–water partition coefficient (Wildman–Crippen LogP) is 0.137. The van der Waals surface area contributed by atoms with E-state index in [0.29, 0.717) is 17.6 Å². The minimum Gasteiger partial charge on any atom is -0.305 e. The smallest absolute Gasteiger partial charge is 0.141 e. The summed E-state index contributed by atoms with van der Waals surface area (Å²) >= 11 is 0. The van der Waals surface area contributed by atoms with Crippen molar-refractivity contribution >= 4 is 5.78 Å². The van der Waals surface area contributed by atoms with Crippen LogP contribution in [0.3, 0.4) is 0 Å². The molecule has 3 fully saturated rings. The van der Waals surface area contributed by atoms with Crippen LogP contribution in [-0.2, 0) is 4.79 Å². The first-order valence-electron chi connectivity index (χ1n) is 3.49. The molecule has 0 radical (unpaired) electrons. The summed E-state index contributed by atoms with van der Waals surface area (Å²) in [5, 5.41) is 0. The van der Waals surface area contributed by atoms with Gasteiger partial charge in [0.1, 0.15) is 5.78 Å². The first kappa shape index (κ1) is 5.42. The lowest BCUT2D eigenvalue weighted by atomic mass is 9.70. The monoisotopic (exact) mass is 125 g/mol. The van der Waals surface area contributed by atoms with E-state index in [1.165, 1.54) is 6.42 Å². The SMILES string of the molecule is CN1C[C@@H]2C[C@@H](C1)C2=O. The Bertz CT molecular complexity index is 141. The van der Waals surface area contributed by atoms with E-state index in [1.54, 1.807) is 0 Å². The highest BCUT2D eigenvalue weighted by Gasteiger charge is 2.44. The molecule has 2 saturated heterocycles. The number of fused-ring (bicyclic) bond motifs is 2. The lowest BCUT2D eigenvalue weighted by Gasteiger charge is -2.43. The quantitative estimate of drug-likeness (QED) is 0.459. The Morgan fingerprint density at radius 2 is 2.00 bits per heavy atom. The van der Waals surface area contributed by atoms with Gasteiger partial charge in [0.25, 0.3) is 0 Å². The maximum absolute atomic E-state index is 11.0. The van der Waals surface area contributed by atoms with Gasteiger partial charge in [-0.2, -0.15) is 0 Å². The molecule has 0 N–H and O–H groups in total. The highest BCUT2D eigenvalue weighted by atomic mass is 16.1. The number of ketones is 1. The third-order valence-electron chi connectivity index (χ3n) is 2.44. The van der Waals surface area contributed by atoms with Crippen LogP contribution < -0.4 is 0 Å². The largest absolute Gasteiger partial charge is 0.305 e. The van der Waals surface area contributed by atoms with Crippen molar-refractivity contribution in [1.29, 1.82) is 0 Å². The molecule has 2 heteroatoms. The molecule has 3 rings (SSSR count). The van der Waals surface area contributed by atoms with Gasteiger partial charge in [0.2, 0.25) is 0 Å². The molecule has 0 aromatic heterocycles. The van der Waals surface area contributed by atoms with Crippen molar-refractivity contribution < 1.29 is 4.79 Å². The summed E-state index contributed by atoms with van der Waals surface area (Å²) in [6.45, 7) is 2.02. The molecule has 3 aliphatic rings. The van der Waals surface area contributed by atoms with Gasteiger partial charge in [0, 0.05) is 24.9 Å². The van der Waals surface area contributed by atoms with E-state index in [2.05, 4.69) is 11.9 Å². The third kappa shape index (κ3) is 0.628. The summed E-state index contributed by atoms with van der Waals surface area (Å²) in [5.74, 6) is 1.34. The lowest BCUT2D eigenvalue weighted by molar-refractivity contribution is -0.142. The van der Waals surface area contributed by atoms with Crippen LogP contribution in [0.1, 0.15) is 6.42 Å². The average molecular weight is 125 g/mol. The minimum absolute atomic E-state index is 0.411. The zero-order chi connectivity index (χ0) is 6.43. The molecular formula is C7H11NO. The number of piperidine rings is 2. The number of carbonyl (C=O) groups is 1. The highest BCUT2D eigenvalue weighted by Crippen LogP contribution is 2.34. The van der Waals surface area contributed by atoms with Gasteiger partial charge in [-0.15, -0.1) is 0 Å². The number of hydrogen-bond donors (Lipinski definition) is 0. The molecule has 2 bridgehead atoms. The van der Waals surface area contributed by atoms with Crippen LogP contribution in [0.5, 0.6) is 0 Å². The van der Waals surface area contributed by atoms with Gasteiger partial charge in [-0.3, -0.25) is 4.79 Å². The Morgan fingerprint density at radius 1 is 1.44 bits per heavy atom. The van der Waals surface area contributed by atoms with E-state index in [-0.39, 0.29) is 0 Å². The Hall–Kier alpha value is -0.370. The molecule has 1 aliphatic carbocycles. The van der Waals surface area contributed by atoms with E-state index < -0.39 is 0 Å². The van der Waals surface area contributed by atoms with Gasteiger partial charge in [0.05, 0.1) is 0 Å². The highest BCUT2D eigenvalue weighted by molar-refractivity contribution is 5.90. The molecule has 2 heterocycles. The minimum atomic E-state index is 0.411. The Kier molecular flexibility index (Phi) is 0.943. The van der Waals surface area contributed by atoms with Crippen LogP contribution in [0.25, 0.3) is 0 Å². The zero-order valence-electron chi connectivity index (χ0n) is 5.63. The first-order chi connectivity index (χ1) is 4.27. The van der Waals surface area contributed by atoms with Crippen molar-refractivity contribution in [2.75, 3.05) is 20.1 Å². The van der Waals surface area contributed by atoms with E-state index in [1.807, 2.05) is 0 Å². The fraction of sp³-hybridized carbons (Fsp3) is 0.857. The number of rotatable bonds is 0. The zero-order valence-corrected chi connectivity index (χ0v) is 5.63. The van der Waals surface area contributed by atoms with E-state index in [4.69, 9.17) is 0 Å². The molecule has 0 aromatic carbocycles. The topological polar surface area (TPSA) is 20.3 Å². The van der Waals surface area contributed by atoms with Crippen molar-refractivity contribution in [3.8, 4) is 0 Å². The van der Waals surface area contributed by atoms with Gasteiger partial charge in [-0.05, 0) is 13.5 Å². The number of Topliss-reactive ketones (excluding diaryl/α,β-unsaturated/α-hetero) is 1. The Morgan fingerprint density at radius 3 is 2.33 bits per heavy atom. The average Bonchev–Trinajstić information content (AvgIpc) is 1.87. The summed E-state index contributed by atoms with van der Waals surface area (Å²) in [4.78, 5) is 13.2. The fourth-order valence-electron chi connectivity index (χ4n) is 1.90. The first-order valence-corrected chi connectivity index (χ1v) is 3.49. The summed E-state index contributed by atoms with van der Waals surface area (Å²) in [6.07, 6.45) is 1.17. The molecule has 2 aliphatic heterocycles.